The van der Waals surface area contributed by atoms with Crippen molar-refractivity contribution in [2.24, 2.45) is 0 Å². The van der Waals surface area contributed by atoms with Crippen molar-refractivity contribution < 1.29 is 42.2 Å². The Kier molecular flexibility index (Phi) is 6.64. The Bertz CT molecular complexity index is 539. The predicted molar refractivity (Wildman–Crippen MR) is 92.4 cm³/mol. The van der Waals surface area contributed by atoms with Crippen LogP contribution in [0.25, 0.3) is 0 Å². The summed E-state index contributed by atoms with van der Waals surface area (Å²) in [5.41, 5.74) is 3.06. The van der Waals surface area contributed by atoms with Gasteiger partial charge in [0, 0.05) is 65.7 Å². The van der Waals surface area contributed by atoms with Crippen molar-refractivity contribution >= 4 is 18.9 Å². The maximum absolute atomic E-state index is 12.9. The number of aryl methyl sites for hydroxylation is 2. The second-order valence-electron chi connectivity index (χ2n) is 6.99. The number of nitrogens with one attached hydrogen (secondary N) is 1. The SMILES string of the molecule is COc1cc(C)c(NC(=O)C2([P+](C)(C)C)CCC2)c(C)c1.[Y]. The molecule has 0 aromatic heterocycles. The number of anilines is 1. The second kappa shape index (κ2) is 7.28. The first-order valence-electron chi connectivity index (χ1n) is 7.49. The summed E-state index contributed by atoms with van der Waals surface area (Å²) in [6.07, 6.45) is 3.24. The van der Waals surface area contributed by atoms with Crippen molar-refractivity contribution in [3.05, 3.63) is 23.3 Å². The van der Waals surface area contributed by atoms with Crippen LogP contribution >= 0.6 is 7.26 Å². The topological polar surface area (TPSA) is 38.3 Å². The first kappa shape index (κ1) is 20.1. The molecule has 119 valence electrons. The van der Waals surface area contributed by atoms with Crippen LogP contribution in [0.2, 0.25) is 0 Å². The van der Waals surface area contributed by atoms with Crippen molar-refractivity contribution in [3.63, 3.8) is 0 Å². The largest absolute Gasteiger partial charge is 0.497 e. The Morgan fingerprint density at radius 1 is 1.18 bits per heavy atom. The third-order valence-electron chi connectivity index (χ3n) is 4.87. The van der Waals surface area contributed by atoms with Gasteiger partial charge < -0.3 is 10.1 Å². The maximum atomic E-state index is 12.9. The van der Waals surface area contributed by atoms with Crippen LogP contribution in [0.15, 0.2) is 12.1 Å². The number of hydrogen-bond donors (Lipinski definition) is 1. The Hall–Kier alpha value is 0.0239. The summed E-state index contributed by atoms with van der Waals surface area (Å²) >= 11 is 0. The fourth-order valence-corrected chi connectivity index (χ4v) is 5.51. The van der Waals surface area contributed by atoms with E-state index in [1.54, 1.807) is 7.11 Å². The summed E-state index contributed by atoms with van der Waals surface area (Å²) in [4.78, 5) is 12.9. The number of amides is 1. The molecule has 1 aliphatic carbocycles. The Morgan fingerprint density at radius 2 is 1.68 bits per heavy atom. The molecule has 0 unspecified atom stereocenters. The van der Waals surface area contributed by atoms with Crippen LogP contribution in [0.1, 0.15) is 30.4 Å². The minimum Gasteiger partial charge on any atom is -0.497 e. The van der Waals surface area contributed by atoms with Gasteiger partial charge in [-0.25, -0.2) is 0 Å². The van der Waals surface area contributed by atoms with Crippen LogP contribution in [-0.2, 0) is 37.5 Å². The van der Waals surface area contributed by atoms with E-state index in [2.05, 4.69) is 25.3 Å². The molecule has 0 spiro atoms. The zero-order valence-corrected chi connectivity index (χ0v) is 18.3. The van der Waals surface area contributed by atoms with Crippen LogP contribution in [0, 0.1) is 13.8 Å². The Morgan fingerprint density at radius 3 is 2.00 bits per heavy atom. The summed E-state index contributed by atoms with van der Waals surface area (Å²) in [7, 11) is 0.440. The fraction of sp³-hybridized carbons (Fsp3) is 0.588. The van der Waals surface area contributed by atoms with Crippen molar-refractivity contribution in [1.82, 2.24) is 0 Å². The van der Waals surface area contributed by atoms with E-state index in [1.807, 2.05) is 26.0 Å². The molecule has 0 saturated heterocycles. The van der Waals surface area contributed by atoms with Gasteiger partial charge in [0.15, 0.2) is 5.16 Å². The molecule has 3 nitrogen and oxygen atoms in total. The van der Waals surface area contributed by atoms with Crippen molar-refractivity contribution in [2.75, 3.05) is 32.4 Å². The van der Waals surface area contributed by atoms with Gasteiger partial charge in [0.25, 0.3) is 5.91 Å². The molecule has 0 bridgehead atoms. The minimum absolute atomic E-state index is 0. The molecular formula is C17H27NO2PY+. The molecule has 0 aliphatic heterocycles. The van der Waals surface area contributed by atoms with Gasteiger partial charge >= 0.3 is 0 Å². The van der Waals surface area contributed by atoms with E-state index < -0.39 is 7.26 Å². The molecule has 1 radical (unpaired) electrons. The van der Waals surface area contributed by atoms with E-state index in [4.69, 9.17) is 4.74 Å². The molecule has 5 heteroatoms. The zero-order valence-electron chi connectivity index (χ0n) is 14.6. The third kappa shape index (κ3) is 3.57. The van der Waals surface area contributed by atoms with Crippen LogP contribution < -0.4 is 10.1 Å². The molecule has 0 heterocycles. The zero-order chi connectivity index (χ0) is 15.8. The molecule has 1 amide bonds. The Labute approximate surface area is 160 Å². The summed E-state index contributed by atoms with van der Waals surface area (Å²) in [5, 5.41) is 3.09. The van der Waals surface area contributed by atoms with E-state index in [1.165, 1.54) is 6.42 Å². The van der Waals surface area contributed by atoms with Crippen LogP contribution in [0.4, 0.5) is 5.69 Å². The minimum atomic E-state index is -1.23. The standard InChI is InChI=1S/C17H26NO2P.Y/c1-12-10-14(20-3)11-13(2)15(12)18-16(19)17(8-7-9-17)21(4,5)6;/h10-11H,7-9H2,1-6H3;/p+1. The van der Waals surface area contributed by atoms with Gasteiger partial charge in [-0.1, -0.05) is 0 Å². The van der Waals surface area contributed by atoms with Crippen LogP contribution in [0.3, 0.4) is 0 Å². The normalized spacial score (nSPS) is 16.3. The van der Waals surface area contributed by atoms with E-state index in [-0.39, 0.29) is 43.8 Å². The molecule has 2 rings (SSSR count). The number of rotatable bonds is 4. The third-order valence-corrected chi connectivity index (χ3v) is 8.09. The van der Waals surface area contributed by atoms with E-state index >= 15 is 0 Å². The Balaban J connectivity index is 0.00000242. The van der Waals surface area contributed by atoms with Gasteiger partial charge in [-0.3, -0.25) is 4.79 Å². The van der Waals surface area contributed by atoms with Crippen molar-refractivity contribution in [1.29, 1.82) is 0 Å². The van der Waals surface area contributed by atoms with Gasteiger partial charge in [-0.2, -0.15) is 0 Å². The molecule has 1 saturated carbocycles. The summed E-state index contributed by atoms with van der Waals surface area (Å²) < 4.78 is 5.28. The average molecular weight is 397 g/mol. The smallest absolute Gasteiger partial charge is 0.268 e. The number of hydrogen-bond acceptors (Lipinski definition) is 2. The average Bonchev–Trinajstić information content (AvgIpc) is 2.29. The van der Waals surface area contributed by atoms with Gasteiger partial charge in [0.2, 0.25) is 0 Å². The number of benzene rings is 1. The summed E-state index contributed by atoms with van der Waals surface area (Å²) in [6, 6.07) is 3.95. The predicted octanol–water partition coefficient (Wildman–Crippen LogP) is 4.08. The molecule has 0 atom stereocenters. The summed E-state index contributed by atoms with van der Waals surface area (Å²) in [6.45, 7) is 10.9. The molecule has 1 aliphatic rings. The van der Waals surface area contributed by atoms with Gasteiger partial charge in [-0.15, -0.1) is 0 Å². The van der Waals surface area contributed by atoms with Crippen molar-refractivity contribution in [2.45, 2.75) is 38.3 Å². The molecule has 22 heavy (non-hydrogen) atoms. The van der Waals surface area contributed by atoms with E-state index in [0.717, 1.165) is 35.4 Å². The number of methoxy groups -OCH3 is 1. The van der Waals surface area contributed by atoms with Gasteiger partial charge in [0.1, 0.15) is 5.75 Å². The van der Waals surface area contributed by atoms with Crippen molar-refractivity contribution in [3.8, 4) is 5.75 Å². The molecule has 1 aromatic rings. The van der Waals surface area contributed by atoms with E-state index in [9.17, 15) is 4.79 Å². The molecule has 1 N–H and O–H groups in total. The quantitative estimate of drug-likeness (QED) is 0.778. The summed E-state index contributed by atoms with van der Waals surface area (Å²) in [5.74, 6) is 1.05. The maximum Gasteiger partial charge on any atom is 0.268 e. The van der Waals surface area contributed by atoms with Crippen LogP contribution in [-0.4, -0.2) is 38.2 Å². The van der Waals surface area contributed by atoms with E-state index in [0.29, 0.717) is 0 Å². The molecule has 1 aromatic carbocycles. The van der Waals surface area contributed by atoms with Gasteiger partial charge in [0.05, 0.1) is 7.11 Å². The number of carbonyl (C=O) groups is 1. The number of carbonyl (C=O) groups excluding carboxylic acids is 1. The molecular weight excluding hydrogens is 370 g/mol. The monoisotopic (exact) mass is 397 g/mol. The first-order chi connectivity index (χ1) is 9.71. The first-order valence-corrected chi connectivity index (χ1v) is 10.6. The second-order valence-corrected chi connectivity index (χ2v) is 11.9. The van der Waals surface area contributed by atoms with Crippen LogP contribution in [0.5, 0.6) is 5.75 Å². The number of ether oxygens (including phenoxy) is 1. The fourth-order valence-electron chi connectivity index (χ4n) is 3.18. The molecule has 1 fully saturated rings. The van der Waals surface area contributed by atoms with Gasteiger partial charge in [-0.05, 0) is 56.4 Å².